The van der Waals surface area contributed by atoms with E-state index in [0.717, 1.165) is 32.8 Å². The fourth-order valence-corrected chi connectivity index (χ4v) is 1.04. The fraction of sp³-hybridized carbons (Fsp3) is 1.00. The number of nitrogens with two attached hydrogens (primary N) is 1. The molecule has 3 nitrogen and oxygen atoms in total. The summed E-state index contributed by atoms with van der Waals surface area (Å²) in [7, 11) is 0. The van der Waals surface area contributed by atoms with E-state index in [0.29, 0.717) is 5.41 Å². The van der Waals surface area contributed by atoms with Crippen molar-refractivity contribution in [3.05, 3.63) is 0 Å². The Balaban J connectivity index is 2.01. The summed E-state index contributed by atoms with van der Waals surface area (Å²) in [5.74, 6) is 0. The Labute approximate surface area is 61.9 Å². The molecule has 1 heterocycles. The molecule has 1 aliphatic heterocycles. The standard InChI is InChI=1S/C7H16N2O/c1-7(5-10-6-7)4-9-3-2-8/h9H,2-6,8H2,1H3. The molecular weight excluding hydrogens is 128 g/mol. The van der Waals surface area contributed by atoms with E-state index in [9.17, 15) is 0 Å². The molecule has 1 aliphatic rings. The zero-order valence-electron chi connectivity index (χ0n) is 6.52. The van der Waals surface area contributed by atoms with Crippen molar-refractivity contribution in [2.75, 3.05) is 32.8 Å². The van der Waals surface area contributed by atoms with Crippen LogP contribution in [0.1, 0.15) is 6.92 Å². The van der Waals surface area contributed by atoms with Crippen molar-refractivity contribution >= 4 is 0 Å². The summed E-state index contributed by atoms with van der Waals surface area (Å²) < 4.78 is 5.10. The van der Waals surface area contributed by atoms with E-state index in [1.54, 1.807) is 0 Å². The van der Waals surface area contributed by atoms with Crippen molar-refractivity contribution in [1.82, 2.24) is 5.32 Å². The van der Waals surface area contributed by atoms with Gasteiger partial charge in [-0.15, -0.1) is 0 Å². The minimum absolute atomic E-state index is 0.384. The lowest BCUT2D eigenvalue weighted by atomic mass is 9.89. The number of hydrogen-bond acceptors (Lipinski definition) is 3. The van der Waals surface area contributed by atoms with E-state index in [1.165, 1.54) is 0 Å². The first kappa shape index (κ1) is 7.98. The highest BCUT2D eigenvalue weighted by atomic mass is 16.5. The summed E-state index contributed by atoms with van der Waals surface area (Å²) in [6, 6.07) is 0. The lowest BCUT2D eigenvalue weighted by molar-refractivity contribution is -0.0988. The molecule has 0 saturated carbocycles. The maximum absolute atomic E-state index is 5.32. The summed E-state index contributed by atoms with van der Waals surface area (Å²) >= 11 is 0. The van der Waals surface area contributed by atoms with Crippen LogP contribution in [0.15, 0.2) is 0 Å². The van der Waals surface area contributed by atoms with Crippen molar-refractivity contribution in [3.63, 3.8) is 0 Å². The minimum atomic E-state index is 0.384. The Hall–Kier alpha value is -0.120. The molecule has 3 N–H and O–H groups in total. The van der Waals surface area contributed by atoms with Crippen molar-refractivity contribution in [2.45, 2.75) is 6.92 Å². The molecule has 3 heteroatoms. The molecule has 0 radical (unpaired) electrons. The highest BCUT2D eigenvalue weighted by Crippen LogP contribution is 2.24. The lowest BCUT2D eigenvalue weighted by Gasteiger charge is -2.38. The van der Waals surface area contributed by atoms with Crippen LogP contribution in [0.25, 0.3) is 0 Å². The molecule has 0 amide bonds. The molecule has 0 unspecified atom stereocenters. The smallest absolute Gasteiger partial charge is 0.0554 e. The maximum atomic E-state index is 5.32. The van der Waals surface area contributed by atoms with E-state index in [2.05, 4.69) is 12.2 Å². The second-order valence-corrected chi connectivity index (χ2v) is 3.27. The van der Waals surface area contributed by atoms with Gasteiger partial charge in [-0.05, 0) is 0 Å². The van der Waals surface area contributed by atoms with Crippen LogP contribution >= 0.6 is 0 Å². The number of hydrogen-bond donors (Lipinski definition) is 2. The van der Waals surface area contributed by atoms with Gasteiger partial charge in [0.25, 0.3) is 0 Å². The van der Waals surface area contributed by atoms with E-state index >= 15 is 0 Å². The van der Waals surface area contributed by atoms with Gasteiger partial charge in [-0.3, -0.25) is 0 Å². The van der Waals surface area contributed by atoms with Crippen LogP contribution in [0.2, 0.25) is 0 Å². The third-order valence-electron chi connectivity index (χ3n) is 1.77. The van der Waals surface area contributed by atoms with Crippen LogP contribution in [-0.2, 0) is 4.74 Å². The van der Waals surface area contributed by atoms with Crippen LogP contribution in [0.4, 0.5) is 0 Å². The third kappa shape index (κ3) is 1.94. The average Bonchev–Trinajstić information content (AvgIpc) is 1.85. The second kappa shape index (κ2) is 3.32. The Bertz CT molecular complexity index is 102. The van der Waals surface area contributed by atoms with Gasteiger partial charge in [-0.1, -0.05) is 6.92 Å². The first-order valence-electron chi connectivity index (χ1n) is 3.75. The predicted octanol–water partition coefficient (Wildman–Crippen LogP) is -0.429. The molecule has 0 aliphatic carbocycles. The minimum Gasteiger partial charge on any atom is -0.380 e. The number of nitrogens with one attached hydrogen (secondary N) is 1. The summed E-state index contributed by atoms with van der Waals surface area (Å²) in [4.78, 5) is 0. The zero-order chi connectivity index (χ0) is 7.45. The van der Waals surface area contributed by atoms with Crippen molar-refractivity contribution < 1.29 is 4.74 Å². The molecule has 1 fully saturated rings. The average molecular weight is 144 g/mol. The zero-order valence-corrected chi connectivity index (χ0v) is 6.52. The first-order valence-corrected chi connectivity index (χ1v) is 3.75. The van der Waals surface area contributed by atoms with Crippen molar-refractivity contribution in [1.29, 1.82) is 0 Å². The van der Waals surface area contributed by atoms with Gasteiger partial charge in [0.15, 0.2) is 0 Å². The summed E-state index contributed by atoms with van der Waals surface area (Å²) in [6.07, 6.45) is 0. The van der Waals surface area contributed by atoms with Crippen molar-refractivity contribution in [3.8, 4) is 0 Å². The molecule has 0 bridgehead atoms. The SMILES string of the molecule is CC1(CNCCN)COC1. The Morgan fingerprint density at radius 3 is 2.70 bits per heavy atom. The summed E-state index contributed by atoms with van der Waals surface area (Å²) in [6.45, 7) is 6.67. The summed E-state index contributed by atoms with van der Waals surface area (Å²) in [5, 5.41) is 3.27. The van der Waals surface area contributed by atoms with Gasteiger partial charge < -0.3 is 15.8 Å². The Morgan fingerprint density at radius 2 is 2.30 bits per heavy atom. The molecule has 0 aromatic rings. The van der Waals surface area contributed by atoms with Gasteiger partial charge in [-0.25, -0.2) is 0 Å². The van der Waals surface area contributed by atoms with Gasteiger partial charge in [0.05, 0.1) is 13.2 Å². The fourth-order valence-electron chi connectivity index (χ4n) is 1.04. The lowest BCUT2D eigenvalue weighted by Crippen LogP contribution is -2.48. The number of ether oxygens (including phenoxy) is 1. The van der Waals surface area contributed by atoms with Gasteiger partial charge in [0.1, 0.15) is 0 Å². The molecular formula is C7H16N2O. The van der Waals surface area contributed by atoms with Crippen LogP contribution < -0.4 is 11.1 Å². The van der Waals surface area contributed by atoms with Crippen LogP contribution in [-0.4, -0.2) is 32.8 Å². The van der Waals surface area contributed by atoms with Crippen LogP contribution in [0, 0.1) is 5.41 Å². The summed E-state index contributed by atoms with van der Waals surface area (Å²) in [5.41, 5.74) is 5.71. The molecule has 1 saturated heterocycles. The van der Waals surface area contributed by atoms with E-state index < -0.39 is 0 Å². The second-order valence-electron chi connectivity index (χ2n) is 3.27. The molecule has 0 atom stereocenters. The van der Waals surface area contributed by atoms with Gasteiger partial charge >= 0.3 is 0 Å². The predicted molar refractivity (Wildman–Crippen MR) is 40.9 cm³/mol. The van der Waals surface area contributed by atoms with Gasteiger partial charge in [0, 0.05) is 25.0 Å². The quantitative estimate of drug-likeness (QED) is 0.526. The molecule has 0 spiro atoms. The Morgan fingerprint density at radius 1 is 1.60 bits per heavy atom. The third-order valence-corrected chi connectivity index (χ3v) is 1.77. The van der Waals surface area contributed by atoms with E-state index in [-0.39, 0.29) is 0 Å². The Kier molecular flexibility index (Phi) is 2.65. The monoisotopic (exact) mass is 144 g/mol. The topological polar surface area (TPSA) is 47.3 Å². The van der Waals surface area contributed by atoms with Crippen LogP contribution in [0.3, 0.4) is 0 Å². The number of rotatable bonds is 4. The molecule has 0 aromatic carbocycles. The van der Waals surface area contributed by atoms with E-state index in [4.69, 9.17) is 10.5 Å². The highest BCUT2D eigenvalue weighted by molar-refractivity contribution is 4.82. The molecule has 60 valence electrons. The molecule has 10 heavy (non-hydrogen) atoms. The molecule has 0 aromatic heterocycles. The highest BCUT2D eigenvalue weighted by Gasteiger charge is 2.32. The van der Waals surface area contributed by atoms with Gasteiger partial charge in [-0.2, -0.15) is 0 Å². The largest absolute Gasteiger partial charge is 0.380 e. The van der Waals surface area contributed by atoms with Gasteiger partial charge in [0.2, 0.25) is 0 Å². The van der Waals surface area contributed by atoms with Crippen molar-refractivity contribution in [2.24, 2.45) is 11.1 Å². The normalized spacial score (nSPS) is 22.2. The van der Waals surface area contributed by atoms with E-state index in [1.807, 2.05) is 0 Å². The first-order chi connectivity index (χ1) is 4.77. The molecule has 1 rings (SSSR count). The van der Waals surface area contributed by atoms with Crippen LogP contribution in [0.5, 0.6) is 0 Å². The maximum Gasteiger partial charge on any atom is 0.0554 e.